The number of nitrogens with zero attached hydrogens (tertiary/aromatic N) is 1. The minimum absolute atomic E-state index is 0.147. The van der Waals surface area contributed by atoms with Crippen molar-refractivity contribution in [2.45, 2.75) is 13.0 Å². The number of nitrogens with one attached hydrogen (secondary N) is 1. The smallest absolute Gasteiger partial charge is 0.243 e. The SMILES string of the molecule is C[C@H](C(=O)NCCOc1ccc(F)cc1)N(c1ccc(Oc2ccccc2)cc1)S(C)(=O)=O. The fourth-order valence-corrected chi connectivity index (χ4v) is 4.29. The fourth-order valence-electron chi connectivity index (χ4n) is 3.12. The van der Waals surface area contributed by atoms with Crippen LogP contribution in [0.15, 0.2) is 78.9 Å². The first-order valence-corrected chi connectivity index (χ1v) is 12.1. The molecule has 33 heavy (non-hydrogen) atoms. The van der Waals surface area contributed by atoms with Crippen molar-refractivity contribution in [2.75, 3.05) is 23.7 Å². The molecule has 0 heterocycles. The van der Waals surface area contributed by atoms with Gasteiger partial charge >= 0.3 is 0 Å². The van der Waals surface area contributed by atoms with E-state index in [4.69, 9.17) is 9.47 Å². The zero-order chi connectivity index (χ0) is 23.8. The molecule has 1 N–H and O–H groups in total. The van der Waals surface area contributed by atoms with Crippen LogP contribution in [-0.4, -0.2) is 39.8 Å². The highest BCUT2D eigenvalue weighted by atomic mass is 32.2. The number of halogens is 1. The van der Waals surface area contributed by atoms with E-state index in [0.717, 1.165) is 10.6 Å². The molecule has 3 rings (SSSR count). The highest BCUT2D eigenvalue weighted by Gasteiger charge is 2.29. The predicted molar refractivity (Wildman–Crippen MR) is 125 cm³/mol. The Morgan fingerprint density at radius 3 is 2.12 bits per heavy atom. The molecule has 3 aromatic rings. The normalized spacial score (nSPS) is 12.0. The Morgan fingerprint density at radius 1 is 0.939 bits per heavy atom. The monoisotopic (exact) mass is 472 g/mol. The van der Waals surface area contributed by atoms with Crippen molar-refractivity contribution in [3.63, 3.8) is 0 Å². The van der Waals surface area contributed by atoms with Crippen molar-refractivity contribution in [3.8, 4) is 17.2 Å². The molecule has 9 heteroatoms. The Bertz CT molecular complexity index is 1150. The molecule has 3 aromatic carbocycles. The maximum Gasteiger partial charge on any atom is 0.243 e. The average Bonchev–Trinajstić information content (AvgIpc) is 2.79. The van der Waals surface area contributed by atoms with Crippen LogP contribution in [0, 0.1) is 5.82 Å². The summed E-state index contributed by atoms with van der Waals surface area (Å²) in [7, 11) is -3.75. The van der Waals surface area contributed by atoms with Crippen molar-refractivity contribution < 1.29 is 27.1 Å². The lowest BCUT2D eigenvalue weighted by atomic mass is 10.2. The van der Waals surface area contributed by atoms with Crippen LogP contribution in [0.4, 0.5) is 10.1 Å². The van der Waals surface area contributed by atoms with E-state index in [0.29, 0.717) is 22.9 Å². The zero-order valence-corrected chi connectivity index (χ0v) is 19.1. The van der Waals surface area contributed by atoms with Gasteiger partial charge in [-0.05, 0) is 67.6 Å². The Hall–Kier alpha value is -3.59. The Kier molecular flexibility index (Phi) is 7.89. The highest BCUT2D eigenvalue weighted by molar-refractivity contribution is 7.92. The molecular formula is C24H25FN2O5S. The van der Waals surface area contributed by atoms with Crippen molar-refractivity contribution in [3.05, 3.63) is 84.7 Å². The van der Waals surface area contributed by atoms with Crippen LogP contribution in [0.25, 0.3) is 0 Å². The second-order valence-electron chi connectivity index (χ2n) is 7.24. The first kappa shape index (κ1) is 24.1. The van der Waals surface area contributed by atoms with Gasteiger partial charge in [-0.15, -0.1) is 0 Å². The molecule has 0 saturated carbocycles. The van der Waals surface area contributed by atoms with Crippen LogP contribution >= 0.6 is 0 Å². The number of amides is 1. The summed E-state index contributed by atoms with van der Waals surface area (Å²) in [5.41, 5.74) is 0.336. The lowest BCUT2D eigenvalue weighted by Crippen LogP contribution is -2.48. The van der Waals surface area contributed by atoms with Crippen molar-refractivity contribution in [2.24, 2.45) is 0 Å². The average molecular weight is 473 g/mol. The quantitative estimate of drug-likeness (QED) is 0.452. The van der Waals surface area contributed by atoms with Gasteiger partial charge in [-0.25, -0.2) is 12.8 Å². The van der Waals surface area contributed by atoms with Gasteiger partial charge < -0.3 is 14.8 Å². The standard InChI is InChI=1S/C24H25FN2O5S/c1-18(24(28)26-16-17-31-21-12-8-19(25)9-13-21)27(33(2,29)30)20-10-14-23(15-11-20)32-22-6-4-3-5-7-22/h3-15,18H,16-17H2,1-2H3,(H,26,28)/t18-/m1/s1. The van der Waals surface area contributed by atoms with Gasteiger partial charge in [0, 0.05) is 0 Å². The van der Waals surface area contributed by atoms with Crippen LogP contribution < -0.4 is 19.1 Å². The number of carbonyl (C=O) groups is 1. The Morgan fingerprint density at radius 2 is 1.52 bits per heavy atom. The number of rotatable bonds is 10. The van der Waals surface area contributed by atoms with Gasteiger partial charge in [0.05, 0.1) is 18.5 Å². The summed E-state index contributed by atoms with van der Waals surface area (Å²) in [6.07, 6.45) is 1.04. The third kappa shape index (κ3) is 6.95. The van der Waals surface area contributed by atoms with Crippen molar-refractivity contribution in [1.29, 1.82) is 0 Å². The molecular weight excluding hydrogens is 447 g/mol. The maximum atomic E-state index is 12.9. The van der Waals surface area contributed by atoms with Gasteiger partial charge in [0.2, 0.25) is 15.9 Å². The van der Waals surface area contributed by atoms with Gasteiger partial charge in [0.1, 0.15) is 35.7 Å². The molecule has 0 spiro atoms. The minimum atomic E-state index is -3.75. The summed E-state index contributed by atoms with van der Waals surface area (Å²) < 4.78 is 50.1. The summed E-state index contributed by atoms with van der Waals surface area (Å²) >= 11 is 0. The van der Waals surface area contributed by atoms with Crippen LogP contribution in [0.5, 0.6) is 17.2 Å². The number of benzene rings is 3. The molecule has 0 fully saturated rings. The second-order valence-corrected chi connectivity index (χ2v) is 9.10. The van der Waals surface area contributed by atoms with Crippen LogP contribution in [-0.2, 0) is 14.8 Å². The minimum Gasteiger partial charge on any atom is -0.492 e. The predicted octanol–water partition coefficient (Wildman–Crippen LogP) is 3.97. The number of carbonyl (C=O) groups excluding carboxylic acids is 1. The molecule has 0 aromatic heterocycles. The van der Waals surface area contributed by atoms with E-state index in [-0.39, 0.29) is 19.0 Å². The summed E-state index contributed by atoms with van der Waals surface area (Å²) in [6, 6.07) is 20.2. The van der Waals surface area contributed by atoms with Gasteiger partial charge in [-0.2, -0.15) is 0 Å². The molecule has 0 bridgehead atoms. The number of para-hydroxylation sites is 1. The second kappa shape index (κ2) is 10.8. The molecule has 0 aliphatic heterocycles. The van der Waals surface area contributed by atoms with Gasteiger partial charge in [0.25, 0.3) is 0 Å². The summed E-state index contributed by atoms with van der Waals surface area (Å²) in [4.78, 5) is 12.6. The molecule has 7 nitrogen and oxygen atoms in total. The van der Waals surface area contributed by atoms with Gasteiger partial charge in [0.15, 0.2) is 0 Å². The van der Waals surface area contributed by atoms with E-state index >= 15 is 0 Å². The lowest BCUT2D eigenvalue weighted by molar-refractivity contribution is -0.121. The molecule has 0 aliphatic carbocycles. The summed E-state index contributed by atoms with van der Waals surface area (Å²) in [6.45, 7) is 1.81. The first-order valence-electron chi connectivity index (χ1n) is 10.2. The molecule has 0 saturated heterocycles. The first-order chi connectivity index (χ1) is 15.7. The summed E-state index contributed by atoms with van der Waals surface area (Å²) in [5.74, 6) is 0.807. The van der Waals surface area contributed by atoms with Crippen LogP contribution in [0.1, 0.15) is 6.92 Å². The van der Waals surface area contributed by atoms with Gasteiger partial charge in [-0.3, -0.25) is 9.10 Å². The number of hydrogen-bond acceptors (Lipinski definition) is 5. The van der Waals surface area contributed by atoms with E-state index in [1.165, 1.54) is 31.2 Å². The fraction of sp³-hybridized carbons (Fsp3) is 0.208. The molecule has 174 valence electrons. The van der Waals surface area contributed by atoms with Crippen molar-refractivity contribution >= 4 is 21.6 Å². The van der Waals surface area contributed by atoms with Crippen LogP contribution in [0.3, 0.4) is 0 Å². The third-order valence-electron chi connectivity index (χ3n) is 4.64. The van der Waals surface area contributed by atoms with E-state index < -0.39 is 22.0 Å². The van der Waals surface area contributed by atoms with E-state index in [2.05, 4.69) is 5.32 Å². The van der Waals surface area contributed by atoms with E-state index in [1.807, 2.05) is 30.3 Å². The van der Waals surface area contributed by atoms with E-state index in [9.17, 15) is 17.6 Å². The van der Waals surface area contributed by atoms with E-state index in [1.54, 1.807) is 24.3 Å². The largest absolute Gasteiger partial charge is 0.492 e. The topological polar surface area (TPSA) is 84.9 Å². The Balaban J connectivity index is 1.61. The zero-order valence-electron chi connectivity index (χ0n) is 18.3. The molecule has 0 unspecified atom stereocenters. The number of ether oxygens (including phenoxy) is 2. The molecule has 1 atom stereocenters. The molecule has 1 amide bonds. The van der Waals surface area contributed by atoms with Crippen molar-refractivity contribution in [1.82, 2.24) is 5.32 Å². The number of hydrogen-bond donors (Lipinski definition) is 1. The van der Waals surface area contributed by atoms with Gasteiger partial charge in [-0.1, -0.05) is 18.2 Å². The number of sulfonamides is 1. The lowest BCUT2D eigenvalue weighted by Gasteiger charge is -2.28. The van der Waals surface area contributed by atoms with Crippen LogP contribution in [0.2, 0.25) is 0 Å². The molecule has 0 radical (unpaired) electrons. The molecule has 0 aliphatic rings. The maximum absolute atomic E-state index is 12.9. The third-order valence-corrected chi connectivity index (χ3v) is 5.88. The highest BCUT2D eigenvalue weighted by Crippen LogP contribution is 2.26. The Labute approximate surface area is 192 Å². The number of anilines is 1. The summed E-state index contributed by atoms with van der Waals surface area (Å²) in [5, 5.41) is 2.66.